The van der Waals surface area contributed by atoms with Crippen LogP contribution in [0.15, 0.2) is 0 Å². The highest BCUT2D eigenvalue weighted by Gasteiger charge is 2.28. The van der Waals surface area contributed by atoms with Crippen molar-refractivity contribution in [2.75, 3.05) is 13.7 Å². The topological polar surface area (TPSA) is 35.5 Å². The Kier molecular flexibility index (Phi) is 10.0. The fourth-order valence-corrected chi connectivity index (χ4v) is 1.66. The zero-order valence-corrected chi connectivity index (χ0v) is 12.6. The molecule has 0 atom stereocenters. The summed E-state index contributed by atoms with van der Waals surface area (Å²) in [6.45, 7) is 6.20. The highest BCUT2D eigenvalue weighted by molar-refractivity contribution is 5.78. The fraction of sp³-hybridized carbons (Fsp3) is 0.933. The molecule has 0 bridgehead atoms. The summed E-state index contributed by atoms with van der Waals surface area (Å²) >= 11 is 0. The minimum Gasteiger partial charge on any atom is -0.464 e. The number of methoxy groups -OCH3 is 1. The third-order valence-electron chi connectivity index (χ3n) is 3.23. The van der Waals surface area contributed by atoms with Gasteiger partial charge in [-0.1, -0.05) is 51.9 Å². The molecule has 18 heavy (non-hydrogen) atoms. The van der Waals surface area contributed by atoms with E-state index in [-0.39, 0.29) is 5.97 Å². The molecule has 3 heteroatoms. The molecule has 0 aliphatic carbocycles. The van der Waals surface area contributed by atoms with Gasteiger partial charge in [-0.05, 0) is 20.3 Å². The third kappa shape index (κ3) is 8.51. The monoisotopic (exact) mass is 258 g/mol. The molecular weight excluding hydrogens is 228 g/mol. The van der Waals surface area contributed by atoms with Gasteiger partial charge in [-0.2, -0.15) is 0 Å². The van der Waals surface area contributed by atoms with Gasteiger partial charge in [0, 0.05) is 7.11 Å². The van der Waals surface area contributed by atoms with E-state index in [1.807, 2.05) is 0 Å². The van der Waals surface area contributed by atoms with Crippen LogP contribution in [0.3, 0.4) is 0 Å². The van der Waals surface area contributed by atoms with Crippen molar-refractivity contribution in [3.63, 3.8) is 0 Å². The zero-order valence-electron chi connectivity index (χ0n) is 12.6. The van der Waals surface area contributed by atoms with Crippen molar-refractivity contribution in [3.8, 4) is 0 Å². The summed E-state index contributed by atoms with van der Waals surface area (Å²) in [6.07, 6.45) is 9.99. The molecule has 0 N–H and O–H groups in total. The first kappa shape index (κ1) is 17.4. The molecular formula is C15H30O3. The number of carbonyl (C=O) groups is 1. The van der Waals surface area contributed by atoms with Crippen LogP contribution in [0.4, 0.5) is 0 Å². The Hall–Kier alpha value is -0.570. The van der Waals surface area contributed by atoms with E-state index in [4.69, 9.17) is 9.47 Å². The maximum atomic E-state index is 11.6. The van der Waals surface area contributed by atoms with Crippen LogP contribution in [0.2, 0.25) is 0 Å². The van der Waals surface area contributed by atoms with Crippen molar-refractivity contribution in [1.82, 2.24) is 0 Å². The fourth-order valence-electron chi connectivity index (χ4n) is 1.66. The number of esters is 1. The SMILES string of the molecule is CCCCCCCCCCOC(=O)C(C)(C)OC. The van der Waals surface area contributed by atoms with Crippen LogP contribution in [0, 0.1) is 0 Å². The molecule has 0 saturated heterocycles. The van der Waals surface area contributed by atoms with E-state index in [2.05, 4.69) is 6.92 Å². The highest BCUT2D eigenvalue weighted by Crippen LogP contribution is 2.11. The van der Waals surface area contributed by atoms with Crippen LogP contribution in [-0.2, 0) is 14.3 Å². The summed E-state index contributed by atoms with van der Waals surface area (Å²) in [5.74, 6) is -0.270. The standard InChI is InChI=1S/C15H30O3/c1-5-6-7-8-9-10-11-12-13-18-14(16)15(2,3)17-4/h5-13H2,1-4H3. The minimum absolute atomic E-state index is 0.270. The minimum atomic E-state index is -0.819. The van der Waals surface area contributed by atoms with Crippen molar-refractivity contribution in [3.05, 3.63) is 0 Å². The van der Waals surface area contributed by atoms with Gasteiger partial charge < -0.3 is 9.47 Å². The summed E-state index contributed by atoms with van der Waals surface area (Å²) in [4.78, 5) is 11.6. The van der Waals surface area contributed by atoms with E-state index in [1.165, 1.54) is 45.6 Å². The largest absolute Gasteiger partial charge is 0.464 e. The van der Waals surface area contributed by atoms with E-state index < -0.39 is 5.60 Å². The van der Waals surface area contributed by atoms with Gasteiger partial charge in [-0.3, -0.25) is 0 Å². The van der Waals surface area contributed by atoms with Crippen LogP contribution >= 0.6 is 0 Å². The van der Waals surface area contributed by atoms with Crippen LogP contribution < -0.4 is 0 Å². The molecule has 3 nitrogen and oxygen atoms in total. The van der Waals surface area contributed by atoms with Gasteiger partial charge in [-0.15, -0.1) is 0 Å². The van der Waals surface area contributed by atoms with E-state index in [0.29, 0.717) is 6.61 Å². The lowest BCUT2D eigenvalue weighted by atomic mass is 10.1. The summed E-state index contributed by atoms with van der Waals surface area (Å²) < 4.78 is 10.2. The lowest BCUT2D eigenvalue weighted by molar-refractivity contribution is -0.165. The van der Waals surface area contributed by atoms with Gasteiger partial charge >= 0.3 is 5.97 Å². The van der Waals surface area contributed by atoms with E-state index in [1.54, 1.807) is 13.8 Å². The van der Waals surface area contributed by atoms with Crippen molar-refractivity contribution in [1.29, 1.82) is 0 Å². The normalized spacial score (nSPS) is 11.6. The quantitative estimate of drug-likeness (QED) is 0.413. The lowest BCUT2D eigenvalue weighted by Crippen LogP contribution is -2.35. The van der Waals surface area contributed by atoms with Gasteiger partial charge in [-0.25, -0.2) is 4.79 Å². The molecule has 0 rings (SSSR count). The van der Waals surface area contributed by atoms with Gasteiger partial charge in [0.05, 0.1) is 6.61 Å². The van der Waals surface area contributed by atoms with Crippen LogP contribution in [0.1, 0.15) is 72.1 Å². The Morgan fingerprint density at radius 2 is 1.44 bits per heavy atom. The van der Waals surface area contributed by atoms with Gasteiger partial charge in [0.25, 0.3) is 0 Å². The Morgan fingerprint density at radius 3 is 1.94 bits per heavy atom. The number of hydrogen-bond acceptors (Lipinski definition) is 3. The second-order valence-corrected chi connectivity index (χ2v) is 5.33. The molecule has 0 saturated carbocycles. The van der Waals surface area contributed by atoms with Crippen molar-refractivity contribution >= 4 is 5.97 Å². The molecule has 0 aliphatic rings. The van der Waals surface area contributed by atoms with Crippen LogP contribution in [0.25, 0.3) is 0 Å². The number of hydrogen-bond donors (Lipinski definition) is 0. The Bertz CT molecular complexity index is 212. The number of ether oxygens (including phenoxy) is 2. The first-order valence-corrected chi connectivity index (χ1v) is 7.27. The Labute approximate surface area is 112 Å². The smallest absolute Gasteiger partial charge is 0.337 e. The molecule has 0 radical (unpaired) electrons. The predicted octanol–water partition coefficient (Wildman–Crippen LogP) is 4.10. The zero-order chi connectivity index (χ0) is 13.9. The second-order valence-electron chi connectivity index (χ2n) is 5.33. The highest BCUT2D eigenvalue weighted by atomic mass is 16.6. The van der Waals surface area contributed by atoms with E-state index in [0.717, 1.165) is 12.8 Å². The second kappa shape index (κ2) is 10.4. The van der Waals surface area contributed by atoms with Crippen molar-refractivity contribution < 1.29 is 14.3 Å². The molecule has 0 aromatic rings. The summed E-state index contributed by atoms with van der Waals surface area (Å²) in [6, 6.07) is 0. The van der Waals surface area contributed by atoms with Crippen LogP contribution in [-0.4, -0.2) is 25.3 Å². The predicted molar refractivity (Wildman–Crippen MR) is 74.7 cm³/mol. The molecule has 0 unspecified atom stereocenters. The molecule has 0 aromatic heterocycles. The Morgan fingerprint density at radius 1 is 0.944 bits per heavy atom. The molecule has 0 heterocycles. The third-order valence-corrected chi connectivity index (χ3v) is 3.23. The molecule has 0 fully saturated rings. The molecule has 0 spiro atoms. The lowest BCUT2D eigenvalue weighted by Gasteiger charge is -2.20. The maximum absolute atomic E-state index is 11.6. The molecule has 0 amide bonds. The summed E-state index contributed by atoms with van der Waals surface area (Å²) in [7, 11) is 1.53. The number of unbranched alkanes of at least 4 members (excludes halogenated alkanes) is 7. The molecule has 108 valence electrons. The maximum Gasteiger partial charge on any atom is 0.337 e. The first-order valence-electron chi connectivity index (χ1n) is 7.27. The molecule has 0 aromatic carbocycles. The van der Waals surface area contributed by atoms with E-state index in [9.17, 15) is 4.79 Å². The van der Waals surface area contributed by atoms with Gasteiger partial charge in [0.15, 0.2) is 5.60 Å². The number of rotatable bonds is 11. The number of carbonyl (C=O) groups excluding carboxylic acids is 1. The summed E-state index contributed by atoms with van der Waals surface area (Å²) in [5, 5.41) is 0. The van der Waals surface area contributed by atoms with Crippen LogP contribution in [0.5, 0.6) is 0 Å². The average molecular weight is 258 g/mol. The summed E-state index contributed by atoms with van der Waals surface area (Å²) in [5.41, 5.74) is -0.819. The van der Waals surface area contributed by atoms with Crippen molar-refractivity contribution in [2.45, 2.75) is 77.7 Å². The first-order chi connectivity index (χ1) is 8.54. The Balaban J connectivity index is 3.33. The average Bonchev–Trinajstić information content (AvgIpc) is 2.36. The van der Waals surface area contributed by atoms with Gasteiger partial charge in [0.2, 0.25) is 0 Å². The molecule has 0 aliphatic heterocycles. The van der Waals surface area contributed by atoms with Crippen molar-refractivity contribution in [2.24, 2.45) is 0 Å². The van der Waals surface area contributed by atoms with Gasteiger partial charge in [0.1, 0.15) is 0 Å². The van der Waals surface area contributed by atoms with E-state index >= 15 is 0 Å².